The highest BCUT2D eigenvalue weighted by Crippen LogP contribution is 2.68. The van der Waals surface area contributed by atoms with E-state index in [9.17, 15) is 0 Å². The van der Waals surface area contributed by atoms with Crippen LogP contribution in [0.2, 0.25) is 0 Å². The van der Waals surface area contributed by atoms with Gasteiger partial charge in [-0.15, -0.1) is 0 Å². The number of hydrogen-bond acceptors (Lipinski definition) is 2. The summed E-state index contributed by atoms with van der Waals surface area (Å²) in [5.41, 5.74) is 5.56. The van der Waals surface area contributed by atoms with Gasteiger partial charge in [-0.05, 0) is 57.0 Å². The molecule has 186 valence electrons. The van der Waals surface area contributed by atoms with E-state index in [1.807, 2.05) is 6.07 Å². The summed E-state index contributed by atoms with van der Waals surface area (Å²) in [6, 6.07) is 43.6. The SMILES string of the molecule is CS1(C)c2ccccc2-c2nc(-c3ccccc3)nc(-c3ccc4c5ccccc5c5ccccc5c4c3)c21. The lowest BCUT2D eigenvalue weighted by atomic mass is 9.92. The van der Waals surface area contributed by atoms with Crippen LogP contribution >= 0.6 is 10.0 Å². The maximum absolute atomic E-state index is 5.32. The highest BCUT2D eigenvalue weighted by atomic mass is 32.3. The maximum Gasteiger partial charge on any atom is 0.160 e. The zero-order valence-corrected chi connectivity index (χ0v) is 22.7. The van der Waals surface area contributed by atoms with E-state index in [0.29, 0.717) is 0 Å². The second kappa shape index (κ2) is 8.26. The van der Waals surface area contributed by atoms with Gasteiger partial charge in [-0.2, -0.15) is 10.0 Å². The van der Waals surface area contributed by atoms with Crippen molar-refractivity contribution in [3.8, 4) is 33.9 Å². The number of nitrogens with zero attached hydrogens (tertiary/aromatic N) is 2. The smallest absolute Gasteiger partial charge is 0.160 e. The van der Waals surface area contributed by atoms with Crippen molar-refractivity contribution in [1.29, 1.82) is 0 Å². The highest BCUT2D eigenvalue weighted by molar-refractivity contribution is 8.33. The first-order valence-electron chi connectivity index (χ1n) is 13.2. The predicted molar refractivity (Wildman–Crippen MR) is 167 cm³/mol. The first kappa shape index (κ1) is 22.5. The zero-order valence-electron chi connectivity index (χ0n) is 21.8. The Kier molecular flexibility index (Phi) is 4.77. The minimum Gasteiger partial charge on any atom is -0.227 e. The van der Waals surface area contributed by atoms with Gasteiger partial charge in [0, 0.05) is 26.5 Å². The molecule has 0 aliphatic carbocycles. The number of fused-ring (bicyclic) bond motifs is 9. The molecule has 6 aromatic carbocycles. The third kappa shape index (κ3) is 3.23. The molecule has 0 saturated heterocycles. The lowest BCUT2D eigenvalue weighted by Crippen LogP contribution is -2.01. The maximum atomic E-state index is 5.32. The molecule has 0 radical (unpaired) electrons. The third-order valence-electron chi connectivity index (χ3n) is 8.12. The van der Waals surface area contributed by atoms with Crippen LogP contribution in [0.3, 0.4) is 0 Å². The van der Waals surface area contributed by atoms with Gasteiger partial charge in [0.25, 0.3) is 0 Å². The molecule has 0 amide bonds. The Balaban J connectivity index is 1.48. The monoisotopic (exact) mass is 518 g/mol. The molecule has 1 aliphatic rings. The Morgan fingerprint density at radius 1 is 0.462 bits per heavy atom. The van der Waals surface area contributed by atoms with Crippen molar-refractivity contribution in [3.05, 3.63) is 121 Å². The Bertz CT molecular complexity index is 2060. The van der Waals surface area contributed by atoms with Gasteiger partial charge in [0.15, 0.2) is 5.82 Å². The van der Waals surface area contributed by atoms with Gasteiger partial charge in [-0.1, -0.05) is 109 Å². The Morgan fingerprint density at radius 2 is 1.00 bits per heavy atom. The molecule has 2 heterocycles. The minimum absolute atomic E-state index is 0.778. The van der Waals surface area contributed by atoms with Crippen LogP contribution in [0.4, 0.5) is 0 Å². The summed E-state index contributed by atoms with van der Waals surface area (Å²) in [7, 11) is -1.30. The van der Waals surface area contributed by atoms with Crippen LogP contribution in [-0.2, 0) is 0 Å². The summed E-state index contributed by atoms with van der Waals surface area (Å²) < 4.78 is 0. The van der Waals surface area contributed by atoms with Gasteiger partial charge in [0.1, 0.15) is 0 Å². The van der Waals surface area contributed by atoms with Gasteiger partial charge >= 0.3 is 0 Å². The van der Waals surface area contributed by atoms with Crippen LogP contribution in [0, 0.1) is 0 Å². The van der Waals surface area contributed by atoms with Gasteiger partial charge in [0.05, 0.1) is 11.4 Å². The molecule has 7 aromatic rings. The fourth-order valence-corrected chi connectivity index (χ4v) is 8.94. The van der Waals surface area contributed by atoms with E-state index in [2.05, 4.69) is 128 Å². The molecule has 0 saturated carbocycles. The van der Waals surface area contributed by atoms with E-state index in [1.165, 1.54) is 47.7 Å². The van der Waals surface area contributed by atoms with Gasteiger partial charge in [-0.3, -0.25) is 0 Å². The first-order valence-corrected chi connectivity index (χ1v) is 15.7. The fourth-order valence-electron chi connectivity index (χ4n) is 6.30. The first-order chi connectivity index (χ1) is 19.1. The lowest BCUT2D eigenvalue weighted by Gasteiger charge is -2.29. The van der Waals surface area contributed by atoms with Crippen molar-refractivity contribution in [2.24, 2.45) is 0 Å². The molecule has 0 unspecified atom stereocenters. The quantitative estimate of drug-likeness (QED) is 0.213. The van der Waals surface area contributed by atoms with Crippen LogP contribution in [0.5, 0.6) is 0 Å². The molecular formula is C36H26N2S. The van der Waals surface area contributed by atoms with Gasteiger partial charge in [0.2, 0.25) is 0 Å². The molecule has 0 atom stereocenters. The van der Waals surface area contributed by atoms with E-state index in [0.717, 1.165) is 28.3 Å². The second-order valence-electron chi connectivity index (χ2n) is 10.6. The topological polar surface area (TPSA) is 25.8 Å². The average molecular weight is 519 g/mol. The van der Waals surface area contributed by atoms with E-state index in [-0.39, 0.29) is 0 Å². The van der Waals surface area contributed by atoms with E-state index in [1.54, 1.807) is 0 Å². The molecule has 0 N–H and O–H groups in total. The summed E-state index contributed by atoms with van der Waals surface area (Å²) in [6.45, 7) is 0. The van der Waals surface area contributed by atoms with Crippen molar-refractivity contribution < 1.29 is 0 Å². The summed E-state index contributed by atoms with van der Waals surface area (Å²) >= 11 is 0. The molecule has 1 aliphatic heterocycles. The van der Waals surface area contributed by atoms with E-state index in [4.69, 9.17) is 9.97 Å². The normalized spacial score (nSPS) is 14.4. The van der Waals surface area contributed by atoms with Crippen molar-refractivity contribution in [2.75, 3.05) is 12.5 Å². The fraction of sp³-hybridized carbons (Fsp3) is 0.0556. The number of rotatable bonds is 2. The standard InChI is InChI=1S/C36H26N2S/c1-39(2)32-19-11-10-18-30(32)34-35(39)33(37-36(38-34)23-12-4-3-5-13-23)24-20-21-29-27-16-7-6-14-25(27)26-15-8-9-17-28(26)31(29)22-24/h3-22H,1-2H3. The van der Waals surface area contributed by atoms with Crippen LogP contribution in [0.1, 0.15) is 0 Å². The van der Waals surface area contributed by atoms with Crippen LogP contribution < -0.4 is 0 Å². The summed E-state index contributed by atoms with van der Waals surface area (Å²) in [5, 5.41) is 7.68. The summed E-state index contributed by atoms with van der Waals surface area (Å²) in [6.07, 6.45) is 4.77. The van der Waals surface area contributed by atoms with Crippen molar-refractivity contribution in [2.45, 2.75) is 9.79 Å². The largest absolute Gasteiger partial charge is 0.227 e. The molecule has 3 heteroatoms. The van der Waals surface area contributed by atoms with Crippen molar-refractivity contribution in [1.82, 2.24) is 9.97 Å². The number of aromatic nitrogens is 2. The molecule has 0 bridgehead atoms. The Labute approximate surface area is 229 Å². The van der Waals surface area contributed by atoms with E-state index >= 15 is 0 Å². The Morgan fingerprint density at radius 3 is 1.69 bits per heavy atom. The van der Waals surface area contributed by atoms with Gasteiger partial charge < -0.3 is 0 Å². The van der Waals surface area contributed by atoms with Crippen molar-refractivity contribution >= 4 is 42.3 Å². The molecule has 0 spiro atoms. The third-order valence-corrected chi connectivity index (χ3v) is 11.0. The second-order valence-corrected chi connectivity index (χ2v) is 14.1. The van der Waals surface area contributed by atoms with Gasteiger partial charge in [-0.25, -0.2) is 9.97 Å². The molecule has 0 fully saturated rings. The lowest BCUT2D eigenvalue weighted by molar-refractivity contribution is 1.13. The molecule has 1 aromatic heterocycles. The minimum atomic E-state index is -1.30. The molecule has 2 nitrogen and oxygen atoms in total. The van der Waals surface area contributed by atoms with Crippen molar-refractivity contribution in [3.63, 3.8) is 0 Å². The predicted octanol–water partition coefficient (Wildman–Crippen LogP) is 9.73. The highest BCUT2D eigenvalue weighted by Gasteiger charge is 2.36. The number of hydrogen-bond donors (Lipinski definition) is 0. The average Bonchev–Trinajstić information content (AvgIpc) is 3.23. The number of benzene rings is 6. The summed E-state index contributed by atoms with van der Waals surface area (Å²) in [5.74, 6) is 0.778. The molecule has 8 rings (SSSR count). The van der Waals surface area contributed by atoms with E-state index < -0.39 is 10.0 Å². The van der Waals surface area contributed by atoms with Crippen LogP contribution in [0.15, 0.2) is 131 Å². The molecular weight excluding hydrogens is 492 g/mol. The Hall–Kier alpha value is -4.47. The summed E-state index contributed by atoms with van der Waals surface area (Å²) in [4.78, 5) is 13.2. The zero-order chi connectivity index (χ0) is 26.1. The van der Waals surface area contributed by atoms with Crippen LogP contribution in [-0.4, -0.2) is 22.5 Å². The van der Waals surface area contributed by atoms with Crippen LogP contribution in [0.25, 0.3) is 66.2 Å². The molecule has 39 heavy (non-hydrogen) atoms.